The van der Waals surface area contributed by atoms with Crippen molar-refractivity contribution in [3.8, 4) is 0 Å². The van der Waals surface area contributed by atoms with Crippen molar-refractivity contribution in [1.29, 1.82) is 0 Å². The number of halogens is 1. The van der Waals surface area contributed by atoms with E-state index in [4.69, 9.17) is 0 Å². The van der Waals surface area contributed by atoms with Gasteiger partial charge in [0, 0.05) is 20.2 Å². The van der Waals surface area contributed by atoms with Crippen molar-refractivity contribution in [3.63, 3.8) is 0 Å². The van der Waals surface area contributed by atoms with Crippen LogP contribution in [0.2, 0.25) is 0 Å². The average Bonchev–Trinajstić information content (AvgIpc) is 2.95. The first-order valence-electron chi connectivity index (χ1n) is 6.18. The molecule has 0 aromatic carbocycles. The summed E-state index contributed by atoms with van der Waals surface area (Å²) in [5, 5.41) is 6.88. The number of carbonyl (C=O) groups is 2. The van der Waals surface area contributed by atoms with Gasteiger partial charge in [-0.1, -0.05) is 0 Å². The van der Waals surface area contributed by atoms with Gasteiger partial charge in [0.1, 0.15) is 5.82 Å². The summed E-state index contributed by atoms with van der Waals surface area (Å²) < 4.78 is 2.47. The average molecular weight is 371 g/mol. The van der Waals surface area contributed by atoms with Crippen molar-refractivity contribution >= 4 is 44.9 Å². The van der Waals surface area contributed by atoms with Crippen molar-refractivity contribution in [1.82, 2.24) is 14.7 Å². The molecule has 8 heteroatoms. The zero-order valence-electron chi connectivity index (χ0n) is 11.9. The Morgan fingerprint density at radius 2 is 2.19 bits per heavy atom. The number of likely N-dealkylation sites (N-methyl/N-ethyl adjacent to an activating group) is 1. The highest BCUT2D eigenvalue weighted by atomic mass is 79.9. The van der Waals surface area contributed by atoms with Crippen LogP contribution in [0.25, 0.3) is 0 Å². The number of thiophene rings is 1. The van der Waals surface area contributed by atoms with Crippen LogP contribution in [0.3, 0.4) is 0 Å². The predicted molar refractivity (Wildman–Crippen MR) is 85.6 cm³/mol. The summed E-state index contributed by atoms with van der Waals surface area (Å²) in [5.41, 5.74) is 0.820. The number of rotatable bonds is 4. The van der Waals surface area contributed by atoms with Gasteiger partial charge in [-0.05, 0) is 35.0 Å². The molecule has 0 aliphatic heterocycles. The standard InChI is InChI=1S/C13H15BrN4O2S/c1-8-6-11(18(3)16-8)15-12(19)7-17(2)13(20)9-4-5-10(14)21-9/h4-6H,7H2,1-3H3,(H,15,19). The minimum absolute atomic E-state index is 0.0153. The van der Waals surface area contributed by atoms with E-state index >= 15 is 0 Å². The van der Waals surface area contributed by atoms with Gasteiger partial charge in [0.15, 0.2) is 0 Å². The number of aromatic nitrogens is 2. The second kappa shape index (κ2) is 6.40. The van der Waals surface area contributed by atoms with Crippen LogP contribution in [0, 0.1) is 6.92 Å². The molecule has 2 amide bonds. The first-order chi connectivity index (χ1) is 9.86. The molecule has 0 saturated carbocycles. The maximum Gasteiger partial charge on any atom is 0.264 e. The summed E-state index contributed by atoms with van der Waals surface area (Å²) in [6, 6.07) is 5.32. The third-order valence-electron chi connectivity index (χ3n) is 2.78. The Labute approximate surface area is 134 Å². The Hall–Kier alpha value is -1.67. The molecule has 2 rings (SSSR count). The fourth-order valence-electron chi connectivity index (χ4n) is 1.81. The van der Waals surface area contributed by atoms with Crippen LogP contribution in [-0.2, 0) is 11.8 Å². The van der Waals surface area contributed by atoms with Crippen LogP contribution >= 0.6 is 27.3 Å². The van der Waals surface area contributed by atoms with Crippen LogP contribution in [0.1, 0.15) is 15.4 Å². The Morgan fingerprint density at radius 3 is 2.71 bits per heavy atom. The van der Waals surface area contributed by atoms with E-state index in [9.17, 15) is 9.59 Å². The topological polar surface area (TPSA) is 67.2 Å². The van der Waals surface area contributed by atoms with E-state index in [0.29, 0.717) is 10.7 Å². The molecule has 0 saturated heterocycles. The maximum absolute atomic E-state index is 12.1. The van der Waals surface area contributed by atoms with E-state index in [2.05, 4.69) is 26.3 Å². The molecule has 0 bridgehead atoms. The highest BCUT2D eigenvalue weighted by Gasteiger charge is 2.17. The smallest absolute Gasteiger partial charge is 0.264 e. The molecule has 2 heterocycles. The normalized spacial score (nSPS) is 10.5. The molecule has 0 radical (unpaired) electrons. The fraction of sp³-hybridized carbons (Fsp3) is 0.308. The minimum Gasteiger partial charge on any atom is -0.332 e. The van der Waals surface area contributed by atoms with Gasteiger partial charge in [-0.2, -0.15) is 5.10 Å². The molecule has 0 unspecified atom stereocenters. The first-order valence-corrected chi connectivity index (χ1v) is 7.79. The lowest BCUT2D eigenvalue weighted by atomic mass is 10.4. The molecule has 2 aromatic rings. The molecule has 2 aromatic heterocycles. The Kier molecular flexibility index (Phi) is 4.79. The number of aryl methyl sites for hydroxylation is 2. The number of hydrogen-bond donors (Lipinski definition) is 1. The fourth-order valence-corrected chi connectivity index (χ4v) is 3.20. The van der Waals surface area contributed by atoms with Gasteiger partial charge >= 0.3 is 0 Å². The van der Waals surface area contributed by atoms with Gasteiger partial charge in [-0.15, -0.1) is 11.3 Å². The van der Waals surface area contributed by atoms with Gasteiger partial charge in [0.25, 0.3) is 5.91 Å². The van der Waals surface area contributed by atoms with Crippen molar-refractivity contribution in [2.45, 2.75) is 6.92 Å². The molecule has 0 spiro atoms. The van der Waals surface area contributed by atoms with E-state index < -0.39 is 0 Å². The lowest BCUT2D eigenvalue weighted by Gasteiger charge is -2.15. The summed E-state index contributed by atoms with van der Waals surface area (Å²) in [4.78, 5) is 26.1. The summed E-state index contributed by atoms with van der Waals surface area (Å²) in [5.74, 6) is 0.170. The third-order valence-corrected chi connectivity index (χ3v) is 4.39. The van der Waals surface area contributed by atoms with E-state index in [1.54, 1.807) is 30.9 Å². The summed E-state index contributed by atoms with van der Waals surface area (Å²) in [7, 11) is 3.35. The van der Waals surface area contributed by atoms with E-state index in [0.717, 1.165) is 9.48 Å². The lowest BCUT2D eigenvalue weighted by Crippen LogP contribution is -2.34. The molecule has 21 heavy (non-hydrogen) atoms. The molecule has 112 valence electrons. The van der Waals surface area contributed by atoms with Crippen LogP contribution in [0.5, 0.6) is 0 Å². The molecule has 1 N–H and O–H groups in total. The quantitative estimate of drug-likeness (QED) is 0.897. The predicted octanol–water partition coefficient (Wildman–Crippen LogP) is 2.26. The van der Waals surface area contributed by atoms with Gasteiger partial charge in [0.2, 0.25) is 5.91 Å². The van der Waals surface area contributed by atoms with E-state index in [1.807, 2.05) is 13.0 Å². The lowest BCUT2D eigenvalue weighted by molar-refractivity contribution is -0.116. The van der Waals surface area contributed by atoms with Crippen molar-refractivity contribution in [2.24, 2.45) is 7.05 Å². The number of carbonyl (C=O) groups excluding carboxylic acids is 2. The molecule has 0 fully saturated rings. The van der Waals surface area contributed by atoms with Gasteiger partial charge in [-0.25, -0.2) is 0 Å². The SMILES string of the molecule is Cc1cc(NC(=O)CN(C)C(=O)c2ccc(Br)s2)n(C)n1. The van der Waals surface area contributed by atoms with Crippen LogP contribution < -0.4 is 5.32 Å². The van der Waals surface area contributed by atoms with Gasteiger partial charge in [-0.3, -0.25) is 14.3 Å². The summed E-state index contributed by atoms with van der Waals surface area (Å²) >= 11 is 4.65. The number of hydrogen-bond acceptors (Lipinski definition) is 4. The van der Waals surface area contributed by atoms with Gasteiger partial charge < -0.3 is 10.2 Å². The van der Waals surface area contributed by atoms with E-state index in [1.165, 1.54) is 16.2 Å². The second-order valence-corrected chi connectivity index (χ2v) is 7.07. The van der Waals surface area contributed by atoms with Crippen LogP contribution in [0.4, 0.5) is 5.82 Å². The minimum atomic E-state index is -0.260. The van der Waals surface area contributed by atoms with Crippen molar-refractivity contribution in [2.75, 3.05) is 18.9 Å². The monoisotopic (exact) mass is 370 g/mol. The summed E-state index contributed by atoms with van der Waals surface area (Å²) in [6.07, 6.45) is 0. The first kappa shape index (κ1) is 15.7. The zero-order chi connectivity index (χ0) is 15.6. The van der Waals surface area contributed by atoms with E-state index in [-0.39, 0.29) is 18.4 Å². The summed E-state index contributed by atoms with van der Waals surface area (Å²) in [6.45, 7) is 1.83. The highest BCUT2D eigenvalue weighted by Crippen LogP contribution is 2.23. The molecular formula is C13H15BrN4O2S. The maximum atomic E-state index is 12.1. The number of nitrogens with zero attached hydrogens (tertiary/aromatic N) is 3. The molecule has 0 aliphatic rings. The number of amides is 2. The van der Waals surface area contributed by atoms with Crippen molar-refractivity contribution in [3.05, 3.63) is 32.6 Å². The molecule has 6 nitrogen and oxygen atoms in total. The number of anilines is 1. The largest absolute Gasteiger partial charge is 0.332 e. The third kappa shape index (κ3) is 3.92. The van der Waals surface area contributed by atoms with Gasteiger partial charge in [0.05, 0.1) is 20.9 Å². The second-order valence-electron chi connectivity index (χ2n) is 4.61. The molecule has 0 atom stereocenters. The Bertz CT molecular complexity index is 680. The Balaban J connectivity index is 1.96. The van der Waals surface area contributed by atoms with Crippen LogP contribution in [-0.4, -0.2) is 40.1 Å². The Morgan fingerprint density at radius 1 is 1.48 bits per heavy atom. The molecular weight excluding hydrogens is 356 g/mol. The van der Waals surface area contributed by atoms with Crippen molar-refractivity contribution < 1.29 is 9.59 Å². The highest BCUT2D eigenvalue weighted by molar-refractivity contribution is 9.11. The zero-order valence-corrected chi connectivity index (χ0v) is 14.3. The molecule has 0 aliphatic carbocycles. The van der Waals surface area contributed by atoms with Crippen LogP contribution in [0.15, 0.2) is 22.0 Å². The number of nitrogens with one attached hydrogen (secondary N) is 1.